The Bertz CT molecular complexity index is 519. The summed E-state index contributed by atoms with van der Waals surface area (Å²) < 4.78 is 7.61. The lowest BCUT2D eigenvalue weighted by Gasteiger charge is -2.08. The number of ether oxygens (including phenoxy) is 1. The predicted octanol–water partition coefficient (Wildman–Crippen LogP) is 3.24. The summed E-state index contributed by atoms with van der Waals surface area (Å²) in [4.78, 5) is 0. The van der Waals surface area contributed by atoms with Crippen molar-refractivity contribution in [2.75, 3.05) is 13.7 Å². The first-order valence-corrected chi connectivity index (χ1v) is 7.30. The van der Waals surface area contributed by atoms with Gasteiger partial charge in [0.15, 0.2) is 0 Å². The van der Waals surface area contributed by atoms with Crippen molar-refractivity contribution < 1.29 is 4.74 Å². The van der Waals surface area contributed by atoms with Crippen molar-refractivity contribution in [3.05, 3.63) is 53.9 Å². The van der Waals surface area contributed by atoms with Gasteiger partial charge in [-0.1, -0.05) is 25.1 Å². The summed E-state index contributed by atoms with van der Waals surface area (Å²) >= 11 is 0. The Labute approximate surface area is 121 Å². The van der Waals surface area contributed by atoms with Crippen LogP contribution in [0.4, 0.5) is 0 Å². The second-order valence-electron chi connectivity index (χ2n) is 5.00. The highest BCUT2D eigenvalue weighted by Crippen LogP contribution is 2.17. The molecule has 108 valence electrons. The maximum Gasteiger partial charge on any atom is 0.122 e. The summed E-state index contributed by atoms with van der Waals surface area (Å²) in [6.07, 6.45) is 6.54. The van der Waals surface area contributed by atoms with E-state index in [0.717, 1.165) is 31.8 Å². The van der Waals surface area contributed by atoms with E-state index in [0.29, 0.717) is 0 Å². The molecule has 3 nitrogen and oxygen atoms in total. The first-order valence-electron chi connectivity index (χ1n) is 7.30. The molecule has 20 heavy (non-hydrogen) atoms. The average molecular weight is 272 g/mol. The third-order valence-corrected chi connectivity index (χ3v) is 3.39. The van der Waals surface area contributed by atoms with Crippen molar-refractivity contribution in [3.8, 4) is 5.75 Å². The number of aromatic nitrogens is 1. The molecule has 0 fully saturated rings. The first kappa shape index (κ1) is 14.7. The van der Waals surface area contributed by atoms with E-state index in [1.165, 1.54) is 17.5 Å². The van der Waals surface area contributed by atoms with Crippen LogP contribution in [0.5, 0.6) is 5.75 Å². The Morgan fingerprint density at radius 2 is 2.05 bits per heavy atom. The van der Waals surface area contributed by atoms with Gasteiger partial charge in [-0.15, -0.1) is 0 Å². The van der Waals surface area contributed by atoms with Crippen LogP contribution in [0.2, 0.25) is 0 Å². The number of hydrogen-bond donors (Lipinski definition) is 1. The Kier molecular flexibility index (Phi) is 5.69. The van der Waals surface area contributed by atoms with Crippen molar-refractivity contribution in [2.45, 2.75) is 32.9 Å². The van der Waals surface area contributed by atoms with Gasteiger partial charge in [0.2, 0.25) is 0 Å². The van der Waals surface area contributed by atoms with Gasteiger partial charge in [0, 0.05) is 25.5 Å². The van der Waals surface area contributed by atoms with E-state index in [9.17, 15) is 0 Å². The third-order valence-electron chi connectivity index (χ3n) is 3.39. The zero-order chi connectivity index (χ0) is 14.2. The monoisotopic (exact) mass is 272 g/mol. The van der Waals surface area contributed by atoms with Crippen molar-refractivity contribution in [1.82, 2.24) is 9.88 Å². The zero-order valence-electron chi connectivity index (χ0n) is 12.4. The summed E-state index contributed by atoms with van der Waals surface area (Å²) in [6, 6.07) is 10.4. The number of aryl methyl sites for hydroxylation is 1. The average Bonchev–Trinajstić information content (AvgIpc) is 2.92. The summed E-state index contributed by atoms with van der Waals surface area (Å²) in [7, 11) is 1.72. The van der Waals surface area contributed by atoms with Crippen LogP contribution in [0.25, 0.3) is 0 Å². The van der Waals surface area contributed by atoms with Crippen LogP contribution < -0.4 is 10.1 Å². The van der Waals surface area contributed by atoms with E-state index in [2.05, 4.69) is 47.4 Å². The molecule has 0 amide bonds. The van der Waals surface area contributed by atoms with Gasteiger partial charge >= 0.3 is 0 Å². The highest BCUT2D eigenvalue weighted by Gasteiger charge is 2.01. The minimum Gasteiger partial charge on any atom is -0.496 e. The molecule has 1 heterocycles. The first-order chi connectivity index (χ1) is 9.83. The van der Waals surface area contributed by atoms with E-state index < -0.39 is 0 Å². The number of methoxy groups -OCH3 is 1. The molecule has 3 heteroatoms. The van der Waals surface area contributed by atoms with E-state index in [1.807, 2.05) is 12.1 Å². The number of nitrogens with zero attached hydrogens (tertiary/aromatic N) is 1. The van der Waals surface area contributed by atoms with Gasteiger partial charge in [-0.25, -0.2) is 0 Å². The molecule has 0 bridgehead atoms. The topological polar surface area (TPSA) is 26.2 Å². The van der Waals surface area contributed by atoms with Crippen molar-refractivity contribution in [3.63, 3.8) is 0 Å². The second kappa shape index (κ2) is 7.75. The summed E-state index contributed by atoms with van der Waals surface area (Å²) in [5.74, 6) is 0.975. The summed E-state index contributed by atoms with van der Waals surface area (Å²) in [5.41, 5.74) is 2.60. The maximum absolute atomic E-state index is 5.36. The molecule has 0 aliphatic carbocycles. The molecule has 0 atom stereocenters. The van der Waals surface area contributed by atoms with Gasteiger partial charge in [0.25, 0.3) is 0 Å². The van der Waals surface area contributed by atoms with Gasteiger partial charge in [0.1, 0.15) is 5.75 Å². The van der Waals surface area contributed by atoms with Gasteiger partial charge in [-0.05, 0) is 42.6 Å². The third kappa shape index (κ3) is 4.14. The molecule has 1 aromatic carbocycles. The molecule has 0 unspecified atom stereocenters. The van der Waals surface area contributed by atoms with E-state index >= 15 is 0 Å². The molecule has 0 aliphatic heterocycles. The van der Waals surface area contributed by atoms with E-state index in [4.69, 9.17) is 4.74 Å². The molecule has 0 saturated carbocycles. The highest BCUT2D eigenvalue weighted by atomic mass is 16.5. The number of para-hydroxylation sites is 1. The van der Waals surface area contributed by atoms with Crippen LogP contribution >= 0.6 is 0 Å². The SMILES string of the molecule is CCCn1ccc(CNCCc2ccccc2OC)c1. The Balaban J connectivity index is 1.75. The predicted molar refractivity (Wildman–Crippen MR) is 83.1 cm³/mol. The standard InChI is InChI=1S/C17H24N2O/c1-3-11-19-12-9-15(14-19)13-18-10-8-16-6-4-5-7-17(16)20-2/h4-7,9,12,14,18H,3,8,10-11,13H2,1-2H3. The zero-order valence-corrected chi connectivity index (χ0v) is 12.4. The molecule has 2 aromatic rings. The molecular formula is C17H24N2O. The van der Waals surface area contributed by atoms with E-state index in [1.54, 1.807) is 7.11 Å². The Hall–Kier alpha value is -1.74. The van der Waals surface area contributed by atoms with Crippen LogP contribution in [0.15, 0.2) is 42.7 Å². The van der Waals surface area contributed by atoms with Gasteiger partial charge in [-0.2, -0.15) is 0 Å². The van der Waals surface area contributed by atoms with E-state index in [-0.39, 0.29) is 0 Å². The van der Waals surface area contributed by atoms with Crippen molar-refractivity contribution >= 4 is 0 Å². The minimum atomic E-state index is 0.922. The molecule has 0 spiro atoms. The highest BCUT2D eigenvalue weighted by molar-refractivity contribution is 5.33. The fourth-order valence-electron chi connectivity index (χ4n) is 2.36. The minimum absolute atomic E-state index is 0.922. The molecule has 0 saturated heterocycles. The molecule has 1 N–H and O–H groups in total. The fraction of sp³-hybridized carbons (Fsp3) is 0.412. The molecular weight excluding hydrogens is 248 g/mol. The summed E-state index contributed by atoms with van der Waals surface area (Å²) in [6.45, 7) is 5.18. The Morgan fingerprint density at radius 1 is 1.20 bits per heavy atom. The largest absolute Gasteiger partial charge is 0.496 e. The second-order valence-corrected chi connectivity index (χ2v) is 5.00. The molecule has 1 aromatic heterocycles. The van der Waals surface area contributed by atoms with Gasteiger partial charge in [-0.3, -0.25) is 0 Å². The van der Waals surface area contributed by atoms with Gasteiger partial charge in [0.05, 0.1) is 7.11 Å². The van der Waals surface area contributed by atoms with Crippen LogP contribution in [0.3, 0.4) is 0 Å². The fourth-order valence-corrected chi connectivity index (χ4v) is 2.36. The van der Waals surface area contributed by atoms with Gasteiger partial charge < -0.3 is 14.6 Å². The number of rotatable bonds is 8. The molecule has 0 aliphatic rings. The Morgan fingerprint density at radius 3 is 2.85 bits per heavy atom. The quantitative estimate of drug-likeness (QED) is 0.747. The molecule has 0 radical (unpaired) electrons. The van der Waals surface area contributed by atoms with Crippen LogP contribution in [0, 0.1) is 0 Å². The van der Waals surface area contributed by atoms with Crippen LogP contribution in [0.1, 0.15) is 24.5 Å². The van der Waals surface area contributed by atoms with Crippen LogP contribution in [-0.2, 0) is 19.5 Å². The summed E-state index contributed by atoms with van der Waals surface area (Å²) in [5, 5.41) is 3.49. The van der Waals surface area contributed by atoms with Crippen molar-refractivity contribution in [1.29, 1.82) is 0 Å². The molecule has 2 rings (SSSR count). The lowest BCUT2D eigenvalue weighted by Crippen LogP contribution is -2.16. The lowest BCUT2D eigenvalue weighted by molar-refractivity contribution is 0.409. The lowest BCUT2D eigenvalue weighted by atomic mass is 10.1. The van der Waals surface area contributed by atoms with Crippen molar-refractivity contribution in [2.24, 2.45) is 0 Å². The normalized spacial score (nSPS) is 10.7. The smallest absolute Gasteiger partial charge is 0.122 e. The maximum atomic E-state index is 5.36. The number of hydrogen-bond acceptors (Lipinski definition) is 2. The van der Waals surface area contributed by atoms with Crippen LogP contribution in [-0.4, -0.2) is 18.2 Å². The number of benzene rings is 1. The number of nitrogens with one attached hydrogen (secondary N) is 1.